The lowest BCUT2D eigenvalue weighted by Gasteiger charge is -2.08. The molecular formula is C19H13F2N3O3. The van der Waals surface area contributed by atoms with Gasteiger partial charge in [0.05, 0.1) is 11.9 Å². The number of anilines is 3. The van der Waals surface area contributed by atoms with Crippen molar-refractivity contribution in [3.05, 3.63) is 72.1 Å². The maximum absolute atomic E-state index is 13.2. The molecule has 136 valence electrons. The number of nitrogens with one attached hydrogen (secondary N) is 2. The van der Waals surface area contributed by atoms with E-state index < -0.39 is 17.5 Å². The molecule has 0 bridgehead atoms. The van der Waals surface area contributed by atoms with Crippen LogP contribution in [0.3, 0.4) is 0 Å². The molecule has 0 saturated heterocycles. The van der Waals surface area contributed by atoms with E-state index in [2.05, 4.69) is 15.6 Å². The van der Waals surface area contributed by atoms with Crippen LogP contribution in [0.1, 0.15) is 10.5 Å². The number of halogens is 2. The number of hydrogen-bond donors (Lipinski definition) is 2. The van der Waals surface area contributed by atoms with Crippen LogP contribution in [0.25, 0.3) is 0 Å². The summed E-state index contributed by atoms with van der Waals surface area (Å²) in [5, 5.41) is 5.61. The minimum Gasteiger partial charge on any atom is -0.454 e. The first-order chi connectivity index (χ1) is 13.1. The number of rotatable bonds is 4. The Bertz CT molecular complexity index is 1010. The second kappa shape index (κ2) is 6.91. The van der Waals surface area contributed by atoms with Gasteiger partial charge in [-0.25, -0.2) is 13.8 Å². The fourth-order valence-electron chi connectivity index (χ4n) is 2.51. The highest BCUT2D eigenvalue weighted by Gasteiger charge is 2.15. The summed E-state index contributed by atoms with van der Waals surface area (Å²) in [4.78, 5) is 16.4. The van der Waals surface area contributed by atoms with Crippen LogP contribution < -0.4 is 20.1 Å². The van der Waals surface area contributed by atoms with E-state index in [0.29, 0.717) is 28.6 Å². The molecule has 3 aromatic rings. The van der Waals surface area contributed by atoms with Gasteiger partial charge in [-0.1, -0.05) is 0 Å². The van der Waals surface area contributed by atoms with Gasteiger partial charge in [0.15, 0.2) is 23.1 Å². The van der Waals surface area contributed by atoms with Crippen LogP contribution >= 0.6 is 0 Å². The first-order valence-electron chi connectivity index (χ1n) is 7.97. The van der Waals surface area contributed by atoms with Crippen LogP contribution in [-0.4, -0.2) is 17.7 Å². The van der Waals surface area contributed by atoms with Crippen molar-refractivity contribution in [3.63, 3.8) is 0 Å². The zero-order chi connectivity index (χ0) is 18.8. The smallest absolute Gasteiger partial charge is 0.274 e. The van der Waals surface area contributed by atoms with Gasteiger partial charge in [-0.3, -0.25) is 4.79 Å². The Morgan fingerprint density at radius 3 is 2.44 bits per heavy atom. The van der Waals surface area contributed by atoms with Gasteiger partial charge in [0.25, 0.3) is 5.91 Å². The molecule has 2 heterocycles. The van der Waals surface area contributed by atoms with E-state index in [1.165, 1.54) is 18.3 Å². The van der Waals surface area contributed by atoms with E-state index in [-0.39, 0.29) is 12.5 Å². The SMILES string of the molecule is O=C(Nc1ccc2c(c1)OCO2)c1ccc(Nc2ccc(F)c(F)c2)cn1. The highest BCUT2D eigenvalue weighted by atomic mass is 19.2. The van der Waals surface area contributed by atoms with Gasteiger partial charge >= 0.3 is 0 Å². The van der Waals surface area contributed by atoms with Crippen molar-refractivity contribution in [1.29, 1.82) is 0 Å². The van der Waals surface area contributed by atoms with Crippen LogP contribution in [0.5, 0.6) is 11.5 Å². The monoisotopic (exact) mass is 369 g/mol. The Hall–Kier alpha value is -3.68. The fourth-order valence-corrected chi connectivity index (χ4v) is 2.51. The molecule has 0 atom stereocenters. The van der Waals surface area contributed by atoms with Crippen molar-refractivity contribution in [2.45, 2.75) is 0 Å². The van der Waals surface area contributed by atoms with Crippen LogP contribution in [0, 0.1) is 11.6 Å². The summed E-state index contributed by atoms with van der Waals surface area (Å²) in [5.41, 5.74) is 1.65. The van der Waals surface area contributed by atoms with E-state index in [1.54, 1.807) is 24.3 Å². The summed E-state index contributed by atoms with van der Waals surface area (Å²) in [7, 11) is 0. The van der Waals surface area contributed by atoms with E-state index in [9.17, 15) is 13.6 Å². The normalized spacial score (nSPS) is 11.9. The van der Waals surface area contributed by atoms with Crippen molar-refractivity contribution in [2.75, 3.05) is 17.4 Å². The lowest BCUT2D eigenvalue weighted by atomic mass is 10.2. The summed E-state index contributed by atoms with van der Waals surface area (Å²) >= 11 is 0. The second-order valence-corrected chi connectivity index (χ2v) is 5.71. The number of aromatic nitrogens is 1. The third kappa shape index (κ3) is 3.64. The number of ether oxygens (including phenoxy) is 2. The van der Waals surface area contributed by atoms with Gasteiger partial charge < -0.3 is 20.1 Å². The van der Waals surface area contributed by atoms with Crippen molar-refractivity contribution in [2.24, 2.45) is 0 Å². The molecule has 2 N–H and O–H groups in total. The average molecular weight is 369 g/mol. The molecular weight excluding hydrogens is 356 g/mol. The van der Waals surface area contributed by atoms with Gasteiger partial charge in [-0.2, -0.15) is 0 Å². The van der Waals surface area contributed by atoms with E-state index in [1.807, 2.05) is 0 Å². The number of hydrogen-bond acceptors (Lipinski definition) is 5. The largest absolute Gasteiger partial charge is 0.454 e. The molecule has 0 aliphatic carbocycles. The van der Waals surface area contributed by atoms with Crippen LogP contribution in [-0.2, 0) is 0 Å². The highest BCUT2D eigenvalue weighted by molar-refractivity contribution is 6.03. The molecule has 1 aliphatic rings. The maximum Gasteiger partial charge on any atom is 0.274 e. The fraction of sp³-hybridized carbons (Fsp3) is 0.0526. The Morgan fingerprint density at radius 1 is 0.889 bits per heavy atom. The number of carbonyl (C=O) groups is 1. The van der Waals surface area contributed by atoms with Gasteiger partial charge in [-0.05, 0) is 36.4 Å². The van der Waals surface area contributed by atoms with Crippen LogP contribution in [0.15, 0.2) is 54.7 Å². The predicted octanol–water partition coefficient (Wildman–Crippen LogP) is 4.08. The number of pyridine rings is 1. The lowest BCUT2D eigenvalue weighted by molar-refractivity contribution is 0.102. The molecule has 0 saturated carbocycles. The molecule has 1 amide bonds. The maximum atomic E-state index is 13.2. The van der Waals surface area contributed by atoms with Gasteiger partial charge in [0.2, 0.25) is 6.79 Å². The molecule has 0 spiro atoms. The lowest BCUT2D eigenvalue weighted by Crippen LogP contribution is -2.13. The second-order valence-electron chi connectivity index (χ2n) is 5.71. The molecule has 1 aromatic heterocycles. The number of nitrogens with zero attached hydrogens (tertiary/aromatic N) is 1. The Balaban J connectivity index is 1.43. The predicted molar refractivity (Wildman–Crippen MR) is 94.4 cm³/mol. The first kappa shape index (κ1) is 16.8. The molecule has 1 aliphatic heterocycles. The van der Waals surface area contributed by atoms with Crippen molar-refractivity contribution >= 4 is 23.0 Å². The molecule has 0 unspecified atom stereocenters. The molecule has 0 radical (unpaired) electrons. The minimum atomic E-state index is -0.951. The van der Waals surface area contributed by atoms with Crippen molar-refractivity contribution in [1.82, 2.24) is 4.98 Å². The Kier molecular flexibility index (Phi) is 4.29. The van der Waals surface area contributed by atoms with Crippen molar-refractivity contribution in [3.8, 4) is 11.5 Å². The third-order valence-electron chi connectivity index (χ3n) is 3.83. The molecule has 0 fully saturated rings. The third-order valence-corrected chi connectivity index (χ3v) is 3.83. The topological polar surface area (TPSA) is 72.5 Å². The Morgan fingerprint density at radius 2 is 1.67 bits per heavy atom. The summed E-state index contributed by atoms with van der Waals surface area (Å²) < 4.78 is 36.7. The minimum absolute atomic E-state index is 0.153. The van der Waals surface area contributed by atoms with Gasteiger partial charge in [-0.15, -0.1) is 0 Å². The first-order valence-corrected chi connectivity index (χ1v) is 7.97. The number of benzene rings is 2. The van der Waals surface area contributed by atoms with Crippen molar-refractivity contribution < 1.29 is 23.0 Å². The summed E-state index contributed by atoms with van der Waals surface area (Å²) in [6.07, 6.45) is 1.43. The molecule has 4 rings (SSSR count). The van der Waals surface area contributed by atoms with E-state index in [0.717, 1.165) is 12.1 Å². The van der Waals surface area contributed by atoms with Gasteiger partial charge in [0, 0.05) is 23.5 Å². The summed E-state index contributed by atoms with van der Waals surface area (Å²) in [5.74, 6) is -1.08. The van der Waals surface area contributed by atoms with E-state index >= 15 is 0 Å². The van der Waals surface area contributed by atoms with Crippen LogP contribution in [0.2, 0.25) is 0 Å². The zero-order valence-corrected chi connectivity index (χ0v) is 13.8. The number of fused-ring (bicyclic) bond motifs is 1. The standard InChI is InChI=1S/C19H13F2N3O3/c20-14-4-1-11(7-15(14)21)23-13-2-5-16(22-9-13)19(25)24-12-3-6-17-18(8-12)27-10-26-17/h1-9,23H,10H2,(H,24,25). The molecule has 8 heteroatoms. The molecule has 6 nitrogen and oxygen atoms in total. The zero-order valence-electron chi connectivity index (χ0n) is 13.8. The van der Waals surface area contributed by atoms with E-state index in [4.69, 9.17) is 9.47 Å². The molecule has 27 heavy (non-hydrogen) atoms. The summed E-state index contributed by atoms with van der Waals surface area (Å²) in [6, 6.07) is 11.7. The average Bonchev–Trinajstić information content (AvgIpc) is 3.13. The number of amides is 1. The molecule has 2 aromatic carbocycles. The highest BCUT2D eigenvalue weighted by Crippen LogP contribution is 2.34. The quantitative estimate of drug-likeness (QED) is 0.725. The Labute approximate surface area is 152 Å². The van der Waals surface area contributed by atoms with Crippen LogP contribution in [0.4, 0.5) is 25.8 Å². The summed E-state index contributed by atoms with van der Waals surface area (Å²) in [6.45, 7) is 0.153. The number of carbonyl (C=O) groups excluding carboxylic acids is 1. The van der Waals surface area contributed by atoms with Gasteiger partial charge in [0.1, 0.15) is 5.69 Å².